The standard InChI is InChI=1S/C25H37N3O7/c1-24(2,3)35-22(31)25(21(30)33-4,28-20(29)19-13-10-16-26-19)14-8-9-15-27-23(32)34-17-18-11-6-5-7-12-18/h5-7,11-12,19,26H,8-10,13-17H2,1-4H3,(H,27,32)(H,28,29)/t19-,25-/m0/s1. The molecule has 10 nitrogen and oxygen atoms in total. The van der Waals surface area contributed by atoms with Gasteiger partial charge < -0.3 is 30.2 Å². The summed E-state index contributed by atoms with van der Waals surface area (Å²) >= 11 is 0. The summed E-state index contributed by atoms with van der Waals surface area (Å²) in [5, 5.41) is 8.32. The second kappa shape index (κ2) is 13.1. The minimum Gasteiger partial charge on any atom is -0.467 e. The number of rotatable bonds is 11. The van der Waals surface area contributed by atoms with Crippen molar-refractivity contribution in [2.75, 3.05) is 20.2 Å². The van der Waals surface area contributed by atoms with Crippen molar-refractivity contribution < 1.29 is 33.4 Å². The maximum Gasteiger partial charge on any atom is 0.407 e. The van der Waals surface area contributed by atoms with Gasteiger partial charge >= 0.3 is 18.0 Å². The molecule has 0 aliphatic carbocycles. The summed E-state index contributed by atoms with van der Waals surface area (Å²) in [6, 6.07) is 8.80. The fourth-order valence-corrected chi connectivity index (χ4v) is 3.68. The van der Waals surface area contributed by atoms with Crippen LogP contribution >= 0.6 is 0 Å². The van der Waals surface area contributed by atoms with Gasteiger partial charge in [0.1, 0.15) is 12.2 Å². The van der Waals surface area contributed by atoms with E-state index in [2.05, 4.69) is 16.0 Å². The third kappa shape index (κ3) is 8.86. The monoisotopic (exact) mass is 491 g/mol. The van der Waals surface area contributed by atoms with Crippen LogP contribution in [0.5, 0.6) is 0 Å². The van der Waals surface area contributed by atoms with Crippen molar-refractivity contribution in [3.8, 4) is 0 Å². The van der Waals surface area contributed by atoms with Gasteiger partial charge in [-0.25, -0.2) is 14.4 Å². The van der Waals surface area contributed by atoms with E-state index in [4.69, 9.17) is 14.2 Å². The molecule has 0 aromatic heterocycles. The molecule has 1 aromatic carbocycles. The number of benzene rings is 1. The Kier molecular flexibility index (Phi) is 10.5. The molecular formula is C25H37N3O7. The molecule has 1 heterocycles. The van der Waals surface area contributed by atoms with Crippen molar-refractivity contribution in [1.29, 1.82) is 0 Å². The van der Waals surface area contributed by atoms with Crippen LogP contribution < -0.4 is 16.0 Å². The summed E-state index contributed by atoms with van der Waals surface area (Å²) in [5.74, 6) is -2.23. The van der Waals surface area contributed by atoms with Gasteiger partial charge in [-0.15, -0.1) is 0 Å². The van der Waals surface area contributed by atoms with E-state index in [0.717, 1.165) is 19.1 Å². The molecule has 0 radical (unpaired) electrons. The lowest BCUT2D eigenvalue weighted by Crippen LogP contribution is -2.64. The van der Waals surface area contributed by atoms with Crippen molar-refractivity contribution in [3.63, 3.8) is 0 Å². The van der Waals surface area contributed by atoms with Crippen LogP contribution in [0.4, 0.5) is 4.79 Å². The summed E-state index contributed by atoms with van der Waals surface area (Å²) < 4.78 is 15.6. The van der Waals surface area contributed by atoms with Crippen molar-refractivity contribution in [2.24, 2.45) is 0 Å². The number of hydrogen-bond donors (Lipinski definition) is 3. The van der Waals surface area contributed by atoms with E-state index in [1.807, 2.05) is 30.3 Å². The third-order valence-corrected chi connectivity index (χ3v) is 5.46. The van der Waals surface area contributed by atoms with Crippen LogP contribution in [0, 0.1) is 0 Å². The Labute approximate surface area is 206 Å². The molecule has 3 N–H and O–H groups in total. The summed E-state index contributed by atoms with van der Waals surface area (Å²) in [6.07, 6.45) is 1.56. The van der Waals surface area contributed by atoms with Gasteiger partial charge in [0.2, 0.25) is 11.4 Å². The molecule has 35 heavy (non-hydrogen) atoms. The Morgan fingerprint density at radius 1 is 1.06 bits per heavy atom. The Balaban J connectivity index is 1.98. The number of ether oxygens (including phenoxy) is 3. The average molecular weight is 492 g/mol. The minimum atomic E-state index is -1.99. The van der Waals surface area contributed by atoms with Gasteiger partial charge in [-0.1, -0.05) is 30.3 Å². The number of alkyl carbamates (subject to hydrolysis) is 1. The fraction of sp³-hybridized carbons (Fsp3) is 0.600. The van der Waals surface area contributed by atoms with Crippen molar-refractivity contribution in [2.45, 2.75) is 76.7 Å². The number of carbonyl (C=O) groups is 4. The van der Waals surface area contributed by atoms with Crippen molar-refractivity contribution >= 4 is 23.9 Å². The highest BCUT2D eigenvalue weighted by molar-refractivity contribution is 6.08. The van der Waals surface area contributed by atoms with E-state index >= 15 is 0 Å². The summed E-state index contributed by atoms with van der Waals surface area (Å²) in [7, 11) is 1.16. The summed E-state index contributed by atoms with van der Waals surface area (Å²) in [6.45, 7) is 6.13. The molecular weight excluding hydrogens is 454 g/mol. The molecule has 0 spiro atoms. The Hall–Kier alpha value is -3.14. The molecule has 1 fully saturated rings. The number of amides is 2. The molecule has 2 atom stereocenters. The third-order valence-electron chi connectivity index (χ3n) is 5.46. The highest BCUT2D eigenvalue weighted by Crippen LogP contribution is 2.23. The first-order chi connectivity index (χ1) is 16.6. The van der Waals surface area contributed by atoms with Crippen LogP contribution in [0.25, 0.3) is 0 Å². The smallest absolute Gasteiger partial charge is 0.407 e. The lowest BCUT2D eigenvalue weighted by molar-refractivity contribution is -0.174. The second-order valence-electron chi connectivity index (χ2n) is 9.48. The highest BCUT2D eigenvalue weighted by Gasteiger charge is 2.51. The van der Waals surface area contributed by atoms with Crippen LogP contribution in [0.1, 0.15) is 58.4 Å². The molecule has 194 valence electrons. The van der Waals surface area contributed by atoms with E-state index in [1.165, 1.54) is 0 Å². The Bertz CT molecular complexity index is 864. The van der Waals surface area contributed by atoms with Crippen LogP contribution in [0.15, 0.2) is 30.3 Å². The molecule has 2 amide bonds. The SMILES string of the molecule is COC(=O)[C@](CCCCNC(=O)OCc1ccccc1)(NC(=O)[C@@H]1CCCN1)C(=O)OC(C)(C)C. The van der Waals surface area contributed by atoms with Crippen LogP contribution in [-0.4, -0.2) is 61.3 Å². The minimum absolute atomic E-state index is 0.0478. The first kappa shape index (κ1) is 28.1. The van der Waals surface area contributed by atoms with Gasteiger partial charge in [0, 0.05) is 6.54 Å². The molecule has 1 aliphatic heterocycles. The topological polar surface area (TPSA) is 132 Å². The molecule has 0 unspecified atom stereocenters. The quantitative estimate of drug-likeness (QED) is 0.186. The molecule has 2 rings (SSSR count). The normalized spacial score (nSPS) is 17.1. The zero-order valence-electron chi connectivity index (χ0n) is 21.0. The van der Waals surface area contributed by atoms with Crippen molar-refractivity contribution in [3.05, 3.63) is 35.9 Å². The molecule has 0 bridgehead atoms. The summed E-state index contributed by atoms with van der Waals surface area (Å²) in [5.41, 5.74) is -2.00. The van der Waals surface area contributed by atoms with E-state index < -0.39 is 41.1 Å². The Morgan fingerprint density at radius 3 is 2.37 bits per heavy atom. The fourth-order valence-electron chi connectivity index (χ4n) is 3.68. The number of methoxy groups -OCH3 is 1. The largest absolute Gasteiger partial charge is 0.467 e. The summed E-state index contributed by atoms with van der Waals surface area (Å²) in [4.78, 5) is 50.8. The van der Waals surface area contributed by atoms with E-state index in [1.54, 1.807) is 20.8 Å². The molecule has 1 saturated heterocycles. The van der Waals surface area contributed by atoms with Crippen LogP contribution in [0.3, 0.4) is 0 Å². The van der Waals surface area contributed by atoms with Gasteiger partial charge in [0.15, 0.2) is 0 Å². The van der Waals surface area contributed by atoms with Gasteiger partial charge in [0.05, 0.1) is 13.2 Å². The maximum atomic E-state index is 13.2. The van der Waals surface area contributed by atoms with Gasteiger partial charge in [-0.05, 0) is 65.0 Å². The van der Waals surface area contributed by atoms with Crippen LogP contribution in [-0.2, 0) is 35.2 Å². The van der Waals surface area contributed by atoms with Gasteiger partial charge in [0.25, 0.3) is 0 Å². The molecule has 0 saturated carbocycles. The van der Waals surface area contributed by atoms with Gasteiger partial charge in [-0.3, -0.25) is 4.79 Å². The number of unbranched alkanes of at least 4 members (excludes halogenated alkanes) is 1. The van der Waals surface area contributed by atoms with Crippen molar-refractivity contribution in [1.82, 2.24) is 16.0 Å². The first-order valence-corrected chi connectivity index (χ1v) is 11.9. The lowest BCUT2D eigenvalue weighted by atomic mass is 9.91. The first-order valence-electron chi connectivity index (χ1n) is 11.9. The predicted octanol–water partition coefficient (Wildman–Crippen LogP) is 2.20. The molecule has 1 aromatic rings. The Morgan fingerprint density at radius 2 is 1.77 bits per heavy atom. The number of hydrogen-bond acceptors (Lipinski definition) is 8. The predicted molar refractivity (Wildman–Crippen MR) is 128 cm³/mol. The van der Waals surface area contributed by atoms with E-state index in [9.17, 15) is 19.2 Å². The maximum absolute atomic E-state index is 13.2. The van der Waals surface area contributed by atoms with Gasteiger partial charge in [-0.2, -0.15) is 0 Å². The second-order valence-corrected chi connectivity index (χ2v) is 9.48. The lowest BCUT2D eigenvalue weighted by Gasteiger charge is -2.33. The van der Waals surface area contributed by atoms with E-state index in [0.29, 0.717) is 25.8 Å². The zero-order valence-corrected chi connectivity index (χ0v) is 21.0. The number of nitrogens with one attached hydrogen (secondary N) is 3. The average Bonchev–Trinajstić information content (AvgIpc) is 3.36. The highest BCUT2D eigenvalue weighted by atomic mass is 16.6. The number of esters is 2. The van der Waals surface area contributed by atoms with Crippen LogP contribution in [0.2, 0.25) is 0 Å². The molecule has 10 heteroatoms. The van der Waals surface area contributed by atoms with E-state index in [-0.39, 0.29) is 19.6 Å². The number of carbonyl (C=O) groups excluding carboxylic acids is 4. The zero-order chi connectivity index (χ0) is 25.9. The molecule has 1 aliphatic rings.